The van der Waals surface area contributed by atoms with E-state index < -0.39 is 11.5 Å². The van der Waals surface area contributed by atoms with Gasteiger partial charge in [0.05, 0.1) is 13.2 Å². The maximum atomic E-state index is 13.0. The number of amides is 2. The van der Waals surface area contributed by atoms with Gasteiger partial charge in [-0.05, 0) is 81.6 Å². The lowest BCUT2D eigenvalue weighted by Crippen LogP contribution is -2.37. The first-order valence-electron chi connectivity index (χ1n) is 12.1. The van der Waals surface area contributed by atoms with Crippen LogP contribution in [0, 0.1) is 0 Å². The molecule has 33 heavy (non-hydrogen) atoms. The van der Waals surface area contributed by atoms with E-state index in [0.29, 0.717) is 11.5 Å². The van der Waals surface area contributed by atoms with Crippen LogP contribution in [0.25, 0.3) is 0 Å². The topological polar surface area (TPSA) is 65.1 Å². The molecule has 1 saturated carbocycles. The van der Waals surface area contributed by atoms with Gasteiger partial charge >= 0.3 is 6.09 Å². The summed E-state index contributed by atoms with van der Waals surface area (Å²) >= 11 is 0. The lowest BCUT2D eigenvalue weighted by Gasteiger charge is -2.30. The van der Waals surface area contributed by atoms with Crippen molar-refractivity contribution < 1.29 is 23.8 Å². The minimum Gasteiger partial charge on any atom is -0.493 e. The highest BCUT2D eigenvalue weighted by molar-refractivity contribution is 5.95. The highest BCUT2D eigenvalue weighted by atomic mass is 16.6. The summed E-state index contributed by atoms with van der Waals surface area (Å²) in [6.07, 6.45) is 10.6. The number of benzene rings is 1. The van der Waals surface area contributed by atoms with E-state index in [2.05, 4.69) is 12.7 Å². The van der Waals surface area contributed by atoms with Gasteiger partial charge in [0.15, 0.2) is 11.5 Å². The SMILES string of the molecule is C=C(C)[C@]1(c2ccc(OC)c(OC3CCCC3)c2)CC(=O)N(C(=O)OCC2=CCCCC2)C1. The number of carbonyl (C=O) groups excluding carboxylic acids is 2. The summed E-state index contributed by atoms with van der Waals surface area (Å²) in [6.45, 7) is 6.58. The molecule has 1 saturated heterocycles. The van der Waals surface area contributed by atoms with Crippen LogP contribution in [0.4, 0.5) is 4.79 Å². The Morgan fingerprint density at radius 2 is 1.97 bits per heavy atom. The molecule has 0 spiro atoms. The highest BCUT2D eigenvalue weighted by Gasteiger charge is 2.48. The molecular weight excluding hydrogens is 418 g/mol. The first-order chi connectivity index (χ1) is 15.9. The van der Waals surface area contributed by atoms with Crippen molar-refractivity contribution in [1.29, 1.82) is 0 Å². The Labute approximate surface area is 196 Å². The molecule has 0 unspecified atom stereocenters. The number of carbonyl (C=O) groups is 2. The van der Waals surface area contributed by atoms with E-state index in [1.54, 1.807) is 7.11 Å². The molecule has 0 radical (unpaired) electrons. The molecule has 6 heteroatoms. The Bertz CT molecular complexity index is 946. The van der Waals surface area contributed by atoms with Gasteiger partial charge in [-0.15, -0.1) is 0 Å². The van der Waals surface area contributed by atoms with Gasteiger partial charge in [0.25, 0.3) is 0 Å². The summed E-state index contributed by atoms with van der Waals surface area (Å²) in [5, 5.41) is 0. The monoisotopic (exact) mass is 453 g/mol. The molecule has 1 aromatic rings. The Hall–Kier alpha value is -2.76. The average molecular weight is 454 g/mol. The second-order valence-corrected chi connectivity index (χ2v) is 9.57. The average Bonchev–Trinajstić information content (AvgIpc) is 3.46. The third-order valence-corrected chi connectivity index (χ3v) is 7.30. The van der Waals surface area contributed by atoms with E-state index >= 15 is 0 Å². The van der Waals surface area contributed by atoms with Gasteiger partial charge in [0.2, 0.25) is 5.91 Å². The van der Waals surface area contributed by atoms with Crippen LogP contribution in [-0.4, -0.2) is 43.3 Å². The van der Waals surface area contributed by atoms with Gasteiger partial charge < -0.3 is 14.2 Å². The van der Waals surface area contributed by atoms with E-state index in [1.165, 1.54) is 24.2 Å². The Kier molecular flexibility index (Phi) is 7.11. The van der Waals surface area contributed by atoms with Crippen LogP contribution in [0.1, 0.15) is 70.3 Å². The number of hydrogen-bond acceptors (Lipinski definition) is 5. The molecule has 1 aromatic carbocycles. The third kappa shape index (κ3) is 4.94. The number of likely N-dealkylation sites (tertiary alicyclic amines) is 1. The lowest BCUT2D eigenvalue weighted by atomic mass is 9.74. The Balaban J connectivity index is 1.54. The number of allylic oxidation sites excluding steroid dienone is 1. The smallest absolute Gasteiger partial charge is 0.416 e. The van der Waals surface area contributed by atoms with Crippen LogP contribution in [0.3, 0.4) is 0 Å². The van der Waals surface area contributed by atoms with Gasteiger partial charge in [0, 0.05) is 18.4 Å². The molecule has 6 nitrogen and oxygen atoms in total. The summed E-state index contributed by atoms with van der Waals surface area (Å²) in [5.41, 5.74) is 2.19. The third-order valence-electron chi connectivity index (χ3n) is 7.30. The maximum Gasteiger partial charge on any atom is 0.416 e. The predicted molar refractivity (Wildman–Crippen MR) is 127 cm³/mol. The van der Waals surface area contributed by atoms with E-state index in [1.807, 2.05) is 25.1 Å². The second-order valence-electron chi connectivity index (χ2n) is 9.57. The fourth-order valence-electron chi connectivity index (χ4n) is 5.18. The number of nitrogens with zero attached hydrogens (tertiary/aromatic N) is 1. The number of ether oxygens (including phenoxy) is 3. The standard InChI is InChI=1S/C27H35NO5/c1-19(2)27(21-13-14-23(31-3)24(15-21)33-22-11-7-8-12-22)16-25(29)28(18-27)26(30)32-17-20-9-5-4-6-10-20/h9,13-15,22H,1,4-8,10-12,16-18H2,2-3H3/t27-/m0/s1. The summed E-state index contributed by atoms with van der Waals surface area (Å²) in [6, 6.07) is 5.79. The molecule has 1 atom stereocenters. The van der Waals surface area contributed by atoms with Crippen LogP contribution in [0.5, 0.6) is 11.5 Å². The van der Waals surface area contributed by atoms with Crippen molar-refractivity contribution in [1.82, 2.24) is 4.90 Å². The van der Waals surface area contributed by atoms with E-state index in [9.17, 15) is 9.59 Å². The maximum absolute atomic E-state index is 13.0. The fraction of sp³-hybridized carbons (Fsp3) is 0.556. The molecule has 0 N–H and O–H groups in total. The fourth-order valence-corrected chi connectivity index (χ4v) is 5.18. The van der Waals surface area contributed by atoms with Crippen LogP contribution in [-0.2, 0) is 14.9 Å². The molecule has 1 aliphatic heterocycles. The zero-order valence-corrected chi connectivity index (χ0v) is 19.9. The molecule has 1 heterocycles. The lowest BCUT2D eigenvalue weighted by molar-refractivity contribution is -0.126. The summed E-state index contributed by atoms with van der Waals surface area (Å²) in [7, 11) is 1.63. The summed E-state index contributed by atoms with van der Waals surface area (Å²) in [4.78, 5) is 27.0. The number of imide groups is 1. The summed E-state index contributed by atoms with van der Waals surface area (Å²) in [5.74, 6) is 1.11. The molecule has 178 valence electrons. The predicted octanol–water partition coefficient (Wildman–Crippen LogP) is 5.70. The number of hydrogen-bond donors (Lipinski definition) is 0. The highest BCUT2D eigenvalue weighted by Crippen LogP contribution is 2.44. The van der Waals surface area contributed by atoms with Crippen molar-refractivity contribution >= 4 is 12.0 Å². The first kappa shape index (κ1) is 23.4. The van der Waals surface area contributed by atoms with Gasteiger partial charge in [0.1, 0.15) is 6.61 Å². The van der Waals surface area contributed by atoms with Crippen LogP contribution < -0.4 is 9.47 Å². The quantitative estimate of drug-likeness (QED) is 0.496. The van der Waals surface area contributed by atoms with E-state index in [-0.39, 0.29) is 31.6 Å². The van der Waals surface area contributed by atoms with Crippen molar-refractivity contribution in [2.45, 2.75) is 76.2 Å². The van der Waals surface area contributed by atoms with Gasteiger partial charge in [-0.1, -0.05) is 24.3 Å². The number of rotatable bonds is 7. The Morgan fingerprint density at radius 1 is 1.18 bits per heavy atom. The van der Waals surface area contributed by atoms with Crippen LogP contribution >= 0.6 is 0 Å². The van der Waals surface area contributed by atoms with Crippen molar-refractivity contribution in [3.05, 3.63) is 47.6 Å². The van der Waals surface area contributed by atoms with Gasteiger partial charge in [-0.25, -0.2) is 9.69 Å². The zero-order chi connectivity index (χ0) is 23.4. The van der Waals surface area contributed by atoms with Crippen molar-refractivity contribution in [2.24, 2.45) is 0 Å². The largest absolute Gasteiger partial charge is 0.493 e. The van der Waals surface area contributed by atoms with Gasteiger partial charge in [-0.2, -0.15) is 0 Å². The second kappa shape index (κ2) is 10.0. The van der Waals surface area contributed by atoms with Crippen molar-refractivity contribution in [3.63, 3.8) is 0 Å². The van der Waals surface area contributed by atoms with Crippen molar-refractivity contribution in [2.75, 3.05) is 20.3 Å². The van der Waals surface area contributed by atoms with E-state index in [4.69, 9.17) is 14.2 Å². The molecule has 2 fully saturated rings. The molecule has 2 amide bonds. The van der Waals surface area contributed by atoms with Gasteiger partial charge in [-0.3, -0.25) is 4.79 Å². The van der Waals surface area contributed by atoms with Crippen molar-refractivity contribution in [3.8, 4) is 11.5 Å². The molecule has 4 rings (SSSR count). The number of methoxy groups -OCH3 is 1. The summed E-state index contributed by atoms with van der Waals surface area (Å²) < 4.78 is 17.3. The zero-order valence-electron chi connectivity index (χ0n) is 19.9. The minimum atomic E-state index is -0.680. The Morgan fingerprint density at radius 3 is 2.64 bits per heavy atom. The normalized spacial score (nSPS) is 23.4. The van der Waals surface area contributed by atoms with Crippen LogP contribution in [0.2, 0.25) is 0 Å². The minimum absolute atomic E-state index is 0.176. The molecule has 0 aromatic heterocycles. The molecule has 3 aliphatic rings. The van der Waals surface area contributed by atoms with Crippen LogP contribution in [0.15, 0.2) is 42.0 Å². The molecule has 2 aliphatic carbocycles. The first-order valence-corrected chi connectivity index (χ1v) is 12.1. The molecular formula is C27H35NO5. The molecule has 0 bridgehead atoms. The van der Waals surface area contributed by atoms with E-state index in [0.717, 1.165) is 48.8 Å².